The van der Waals surface area contributed by atoms with Crippen molar-refractivity contribution in [2.75, 3.05) is 32.7 Å². The van der Waals surface area contributed by atoms with Crippen LogP contribution in [-0.2, 0) is 16.1 Å². The van der Waals surface area contributed by atoms with Gasteiger partial charge in [-0.2, -0.15) is 0 Å². The number of carbonyl (C=O) groups excluding carboxylic acids is 2. The number of nitrogens with one attached hydrogen (secondary N) is 1. The quantitative estimate of drug-likeness (QED) is 0.831. The zero-order valence-electron chi connectivity index (χ0n) is 11.7. The standard InChI is InChI=1S/C14H20N4O2/c1-12(19)17-5-7-18(8-6-17)14(20)11-16-10-13-3-2-4-15-9-13/h2-4,9,16H,5-8,10-11H2,1H3. The summed E-state index contributed by atoms with van der Waals surface area (Å²) in [5.41, 5.74) is 1.06. The molecule has 0 aromatic carbocycles. The maximum Gasteiger partial charge on any atom is 0.236 e. The Morgan fingerprint density at radius 2 is 1.95 bits per heavy atom. The smallest absolute Gasteiger partial charge is 0.236 e. The van der Waals surface area contributed by atoms with Crippen molar-refractivity contribution < 1.29 is 9.59 Å². The summed E-state index contributed by atoms with van der Waals surface area (Å²) in [7, 11) is 0. The second-order valence-electron chi connectivity index (χ2n) is 4.85. The molecule has 2 heterocycles. The van der Waals surface area contributed by atoms with E-state index in [0.717, 1.165) is 5.56 Å². The van der Waals surface area contributed by atoms with Crippen LogP contribution in [0.25, 0.3) is 0 Å². The van der Waals surface area contributed by atoms with Gasteiger partial charge in [0.2, 0.25) is 11.8 Å². The predicted octanol–water partition coefficient (Wildman–Crippen LogP) is -0.138. The number of hydrogen-bond acceptors (Lipinski definition) is 4. The fourth-order valence-electron chi connectivity index (χ4n) is 2.20. The van der Waals surface area contributed by atoms with E-state index in [-0.39, 0.29) is 11.8 Å². The van der Waals surface area contributed by atoms with Crippen molar-refractivity contribution in [2.45, 2.75) is 13.5 Å². The lowest BCUT2D eigenvalue weighted by atomic mass is 10.3. The van der Waals surface area contributed by atoms with E-state index in [1.54, 1.807) is 29.1 Å². The maximum atomic E-state index is 12.0. The second kappa shape index (κ2) is 7.00. The summed E-state index contributed by atoms with van der Waals surface area (Å²) in [4.78, 5) is 30.8. The van der Waals surface area contributed by atoms with Gasteiger partial charge in [0.25, 0.3) is 0 Å². The molecular weight excluding hydrogens is 256 g/mol. The van der Waals surface area contributed by atoms with Gasteiger partial charge in [-0.05, 0) is 11.6 Å². The molecule has 1 aromatic heterocycles. The number of rotatable bonds is 4. The van der Waals surface area contributed by atoms with Crippen LogP contribution in [-0.4, -0.2) is 59.3 Å². The first kappa shape index (κ1) is 14.5. The Balaban J connectivity index is 1.69. The summed E-state index contributed by atoms with van der Waals surface area (Å²) in [5.74, 6) is 0.156. The molecule has 0 atom stereocenters. The summed E-state index contributed by atoms with van der Waals surface area (Å²) < 4.78 is 0. The van der Waals surface area contributed by atoms with E-state index < -0.39 is 0 Å². The van der Waals surface area contributed by atoms with Gasteiger partial charge in [-0.3, -0.25) is 14.6 Å². The molecule has 0 bridgehead atoms. The first-order valence-corrected chi connectivity index (χ1v) is 6.80. The highest BCUT2D eigenvalue weighted by atomic mass is 16.2. The molecule has 0 spiro atoms. The van der Waals surface area contributed by atoms with E-state index in [4.69, 9.17) is 0 Å². The summed E-state index contributed by atoms with van der Waals surface area (Å²) in [6.07, 6.45) is 3.51. The first-order valence-electron chi connectivity index (χ1n) is 6.80. The minimum absolute atomic E-state index is 0.0757. The van der Waals surface area contributed by atoms with Crippen molar-refractivity contribution in [1.82, 2.24) is 20.1 Å². The average Bonchev–Trinajstić information content (AvgIpc) is 2.48. The third kappa shape index (κ3) is 4.03. The van der Waals surface area contributed by atoms with Crippen LogP contribution >= 0.6 is 0 Å². The van der Waals surface area contributed by atoms with Crippen molar-refractivity contribution >= 4 is 11.8 Å². The molecule has 20 heavy (non-hydrogen) atoms. The highest BCUT2D eigenvalue weighted by molar-refractivity contribution is 5.79. The maximum absolute atomic E-state index is 12.0. The normalized spacial score (nSPS) is 15.2. The number of aromatic nitrogens is 1. The Morgan fingerprint density at radius 1 is 1.25 bits per heavy atom. The number of piperazine rings is 1. The molecular formula is C14H20N4O2. The Morgan fingerprint density at radius 3 is 2.55 bits per heavy atom. The van der Waals surface area contributed by atoms with Gasteiger partial charge in [-0.25, -0.2) is 0 Å². The summed E-state index contributed by atoms with van der Waals surface area (Å²) in [6.45, 7) is 5.00. The van der Waals surface area contributed by atoms with Gasteiger partial charge < -0.3 is 15.1 Å². The van der Waals surface area contributed by atoms with Crippen molar-refractivity contribution in [1.29, 1.82) is 0 Å². The van der Waals surface area contributed by atoms with Gasteiger partial charge in [0.15, 0.2) is 0 Å². The highest BCUT2D eigenvalue weighted by Gasteiger charge is 2.21. The molecule has 1 fully saturated rings. The van der Waals surface area contributed by atoms with Gasteiger partial charge >= 0.3 is 0 Å². The van der Waals surface area contributed by atoms with E-state index in [9.17, 15) is 9.59 Å². The van der Waals surface area contributed by atoms with Crippen molar-refractivity contribution in [3.63, 3.8) is 0 Å². The molecule has 1 aromatic rings. The third-order valence-electron chi connectivity index (χ3n) is 3.41. The zero-order chi connectivity index (χ0) is 14.4. The number of carbonyl (C=O) groups is 2. The Labute approximate surface area is 118 Å². The monoisotopic (exact) mass is 276 g/mol. The van der Waals surface area contributed by atoms with E-state index in [1.807, 2.05) is 12.1 Å². The number of pyridine rings is 1. The Hall–Kier alpha value is -1.95. The Kier molecular flexibility index (Phi) is 5.06. The SMILES string of the molecule is CC(=O)N1CCN(C(=O)CNCc2cccnc2)CC1. The molecule has 1 aliphatic heterocycles. The van der Waals surface area contributed by atoms with Gasteiger partial charge in [-0.1, -0.05) is 6.07 Å². The van der Waals surface area contributed by atoms with E-state index in [1.165, 1.54) is 0 Å². The molecule has 0 saturated carbocycles. The molecule has 2 rings (SSSR count). The summed E-state index contributed by atoms with van der Waals surface area (Å²) >= 11 is 0. The van der Waals surface area contributed by atoms with Crippen LogP contribution < -0.4 is 5.32 Å². The number of nitrogens with zero attached hydrogens (tertiary/aromatic N) is 3. The summed E-state index contributed by atoms with van der Waals surface area (Å²) in [6, 6.07) is 3.84. The summed E-state index contributed by atoms with van der Waals surface area (Å²) in [5, 5.41) is 3.12. The molecule has 1 saturated heterocycles. The van der Waals surface area contributed by atoms with Crippen LogP contribution in [0.1, 0.15) is 12.5 Å². The van der Waals surface area contributed by atoms with Crippen molar-refractivity contribution in [2.24, 2.45) is 0 Å². The van der Waals surface area contributed by atoms with E-state index in [0.29, 0.717) is 39.3 Å². The zero-order valence-corrected chi connectivity index (χ0v) is 11.7. The van der Waals surface area contributed by atoms with Crippen LogP contribution in [0.3, 0.4) is 0 Å². The lowest BCUT2D eigenvalue weighted by molar-refractivity contribution is -0.137. The Bertz CT molecular complexity index is 456. The predicted molar refractivity (Wildman–Crippen MR) is 74.8 cm³/mol. The fraction of sp³-hybridized carbons (Fsp3) is 0.500. The lowest BCUT2D eigenvalue weighted by Crippen LogP contribution is -2.51. The van der Waals surface area contributed by atoms with Crippen LogP contribution in [0.2, 0.25) is 0 Å². The number of amides is 2. The largest absolute Gasteiger partial charge is 0.339 e. The van der Waals surface area contributed by atoms with Gasteiger partial charge in [0.05, 0.1) is 6.54 Å². The molecule has 1 N–H and O–H groups in total. The van der Waals surface area contributed by atoms with Crippen molar-refractivity contribution in [3.05, 3.63) is 30.1 Å². The molecule has 0 unspecified atom stereocenters. The average molecular weight is 276 g/mol. The third-order valence-corrected chi connectivity index (χ3v) is 3.41. The van der Waals surface area contributed by atoms with Crippen LogP contribution in [0.15, 0.2) is 24.5 Å². The van der Waals surface area contributed by atoms with Crippen LogP contribution in [0.4, 0.5) is 0 Å². The molecule has 1 aliphatic rings. The minimum atomic E-state index is 0.0757. The fourth-order valence-corrected chi connectivity index (χ4v) is 2.20. The molecule has 108 valence electrons. The van der Waals surface area contributed by atoms with Crippen LogP contribution in [0.5, 0.6) is 0 Å². The van der Waals surface area contributed by atoms with Gasteiger partial charge in [0, 0.05) is 52.0 Å². The van der Waals surface area contributed by atoms with Crippen molar-refractivity contribution in [3.8, 4) is 0 Å². The molecule has 6 heteroatoms. The molecule has 0 radical (unpaired) electrons. The van der Waals surface area contributed by atoms with E-state index in [2.05, 4.69) is 10.3 Å². The highest BCUT2D eigenvalue weighted by Crippen LogP contribution is 2.02. The topological polar surface area (TPSA) is 65.5 Å². The second-order valence-corrected chi connectivity index (χ2v) is 4.85. The molecule has 0 aliphatic carbocycles. The van der Waals surface area contributed by atoms with E-state index >= 15 is 0 Å². The number of hydrogen-bond donors (Lipinski definition) is 1. The van der Waals surface area contributed by atoms with Gasteiger partial charge in [0.1, 0.15) is 0 Å². The minimum Gasteiger partial charge on any atom is -0.339 e. The molecule has 2 amide bonds. The molecule has 6 nitrogen and oxygen atoms in total. The first-order chi connectivity index (χ1) is 9.66. The lowest BCUT2D eigenvalue weighted by Gasteiger charge is -2.34. The van der Waals surface area contributed by atoms with Gasteiger partial charge in [-0.15, -0.1) is 0 Å². The van der Waals surface area contributed by atoms with Crippen LogP contribution in [0, 0.1) is 0 Å².